The van der Waals surface area contributed by atoms with Crippen LogP contribution in [0.2, 0.25) is 0 Å². The van der Waals surface area contributed by atoms with Crippen LogP contribution in [-0.2, 0) is 11.8 Å². The van der Waals surface area contributed by atoms with Gasteiger partial charge in [-0.15, -0.1) is 0 Å². The van der Waals surface area contributed by atoms with Crippen LogP contribution in [0.5, 0.6) is 0 Å². The number of aryl methyl sites for hydroxylation is 1. The number of hydrogen-bond donors (Lipinski definition) is 1. The maximum absolute atomic E-state index is 11.1. The highest BCUT2D eigenvalue weighted by Crippen LogP contribution is 2.24. The van der Waals surface area contributed by atoms with E-state index in [1.165, 1.54) is 5.56 Å². The highest BCUT2D eigenvalue weighted by molar-refractivity contribution is 5.85. The van der Waals surface area contributed by atoms with Crippen molar-refractivity contribution in [3.05, 3.63) is 47.3 Å². The molecular weight excluding hydrogens is 264 g/mol. The molecule has 0 bridgehead atoms. The summed E-state index contributed by atoms with van der Waals surface area (Å²) in [5.41, 5.74) is 3.27. The summed E-state index contributed by atoms with van der Waals surface area (Å²) in [7, 11) is 0. The second kappa shape index (κ2) is 5.72. The highest BCUT2D eigenvalue weighted by Gasteiger charge is 2.16. The predicted octanol–water partition coefficient (Wildman–Crippen LogP) is 3.82. The number of hydrogen-bond acceptors (Lipinski definition) is 2. The number of aromatic nitrogens is 2. The molecule has 0 amide bonds. The van der Waals surface area contributed by atoms with Gasteiger partial charge in [0.25, 0.3) is 0 Å². The van der Waals surface area contributed by atoms with Crippen molar-refractivity contribution < 1.29 is 9.90 Å². The first-order valence-electron chi connectivity index (χ1n) is 7.26. The second-order valence-electron chi connectivity index (χ2n) is 6.28. The Bertz CT molecular complexity index is 634. The molecule has 0 fully saturated rings. The maximum Gasteiger partial charge on any atom is 0.356 e. The molecular formula is C17H22N2O2. The molecule has 1 N–H and O–H groups in total. The van der Waals surface area contributed by atoms with Gasteiger partial charge in [0, 0.05) is 5.69 Å². The average Bonchev–Trinajstić information content (AvgIpc) is 2.83. The predicted molar refractivity (Wildman–Crippen MR) is 83.2 cm³/mol. The lowest BCUT2D eigenvalue weighted by molar-refractivity contribution is 0.0690. The van der Waals surface area contributed by atoms with E-state index in [1.807, 2.05) is 12.1 Å². The van der Waals surface area contributed by atoms with Gasteiger partial charge in [-0.3, -0.25) is 0 Å². The van der Waals surface area contributed by atoms with Gasteiger partial charge in [0.1, 0.15) is 0 Å². The van der Waals surface area contributed by atoms with Crippen LogP contribution < -0.4 is 0 Å². The van der Waals surface area contributed by atoms with E-state index in [0.29, 0.717) is 0 Å². The molecule has 1 aromatic heterocycles. The third kappa shape index (κ3) is 3.32. The minimum Gasteiger partial charge on any atom is -0.476 e. The molecule has 112 valence electrons. The van der Waals surface area contributed by atoms with Gasteiger partial charge < -0.3 is 5.11 Å². The summed E-state index contributed by atoms with van der Waals surface area (Å²) in [5.74, 6) is -0.989. The normalized spacial score (nSPS) is 11.6. The Labute approximate surface area is 125 Å². The van der Waals surface area contributed by atoms with Crippen LogP contribution in [0.3, 0.4) is 0 Å². The monoisotopic (exact) mass is 286 g/mol. The fourth-order valence-electron chi connectivity index (χ4n) is 2.28. The van der Waals surface area contributed by atoms with Crippen molar-refractivity contribution >= 4 is 5.97 Å². The van der Waals surface area contributed by atoms with E-state index >= 15 is 0 Å². The van der Waals surface area contributed by atoms with Gasteiger partial charge in [0.05, 0.1) is 5.69 Å². The molecule has 4 nitrogen and oxygen atoms in total. The molecule has 0 aliphatic carbocycles. The average molecular weight is 286 g/mol. The van der Waals surface area contributed by atoms with Gasteiger partial charge in [-0.05, 0) is 35.6 Å². The lowest BCUT2D eigenvalue weighted by Crippen LogP contribution is -2.11. The summed E-state index contributed by atoms with van der Waals surface area (Å²) in [6.45, 7) is 8.57. The first-order chi connectivity index (χ1) is 9.82. The number of carboxylic acids is 1. The van der Waals surface area contributed by atoms with Crippen LogP contribution in [0.15, 0.2) is 30.3 Å². The second-order valence-corrected chi connectivity index (χ2v) is 6.28. The molecule has 0 saturated carbocycles. The minimum atomic E-state index is -0.989. The molecule has 0 atom stereocenters. The van der Waals surface area contributed by atoms with E-state index in [-0.39, 0.29) is 11.1 Å². The van der Waals surface area contributed by atoms with E-state index in [1.54, 1.807) is 10.7 Å². The van der Waals surface area contributed by atoms with E-state index < -0.39 is 5.97 Å². The first kappa shape index (κ1) is 15.3. The smallest absolute Gasteiger partial charge is 0.356 e. The van der Waals surface area contributed by atoms with Crippen molar-refractivity contribution in [1.82, 2.24) is 9.78 Å². The van der Waals surface area contributed by atoms with Crippen molar-refractivity contribution in [2.75, 3.05) is 0 Å². The van der Waals surface area contributed by atoms with Crippen LogP contribution in [0.1, 0.15) is 55.9 Å². The van der Waals surface area contributed by atoms with Crippen molar-refractivity contribution in [2.45, 2.75) is 46.0 Å². The third-order valence-electron chi connectivity index (χ3n) is 3.49. The van der Waals surface area contributed by atoms with Crippen LogP contribution >= 0.6 is 0 Å². The zero-order valence-electron chi connectivity index (χ0n) is 13.1. The fourth-order valence-corrected chi connectivity index (χ4v) is 2.28. The van der Waals surface area contributed by atoms with Crippen molar-refractivity contribution in [2.24, 2.45) is 0 Å². The summed E-state index contributed by atoms with van der Waals surface area (Å²) in [6.07, 6.45) is 1.76. The Morgan fingerprint density at radius 3 is 2.33 bits per heavy atom. The summed E-state index contributed by atoms with van der Waals surface area (Å²) in [4.78, 5) is 11.1. The molecule has 2 rings (SSSR count). The van der Waals surface area contributed by atoms with Gasteiger partial charge in [-0.1, -0.05) is 46.2 Å². The maximum atomic E-state index is 11.1. The quantitative estimate of drug-likeness (QED) is 0.929. The summed E-state index contributed by atoms with van der Waals surface area (Å²) < 4.78 is 1.74. The molecule has 0 spiro atoms. The Morgan fingerprint density at radius 2 is 1.86 bits per heavy atom. The summed E-state index contributed by atoms with van der Waals surface area (Å²) in [5, 5.41) is 13.3. The molecule has 0 aliphatic rings. The molecule has 0 radical (unpaired) electrons. The van der Waals surface area contributed by atoms with Gasteiger partial charge in [0.15, 0.2) is 5.69 Å². The first-order valence-corrected chi connectivity index (χ1v) is 7.26. The molecule has 21 heavy (non-hydrogen) atoms. The summed E-state index contributed by atoms with van der Waals surface area (Å²) in [6, 6.07) is 9.81. The number of carboxylic acid groups (broad SMARTS) is 1. The number of aromatic carboxylic acids is 1. The minimum absolute atomic E-state index is 0.0957. The van der Waals surface area contributed by atoms with Crippen LogP contribution in [0, 0.1) is 0 Å². The topological polar surface area (TPSA) is 55.1 Å². The largest absolute Gasteiger partial charge is 0.476 e. The van der Waals surface area contributed by atoms with Crippen molar-refractivity contribution in [1.29, 1.82) is 0 Å². The van der Waals surface area contributed by atoms with Crippen LogP contribution in [-0.4, -0.2) is 20.9 Å². The van der Waals surface area contributed by atoms with Gasteiger partial charge >= 0.3 is 5.97 Å². The zero-order valence-corrected chi connectivity index (χ0v) is 13.1. The van der Waals surface area contributed by atoms with E-state index in [0.717, 1.165) is 24.2 Å². The fraction of sp³-hybridized carbons (Fsp3) is 0.412. The van der Waals surface area contributed by atoms with Gasteiger partial charge in [-0.25, -0.2) is 9.48 Å². The molecule has 0 unspecified atom stereocenters. The molecule has 2 aromatic rings. The Kier molecular flexibility index (Phi) is 4.16. The van der Waals surface area contributed by atoms with Gasteiger partial charge in [0.2, 0.25) is 0 Å². The van der Waals surface area contributed by atoms with Crippen LogP contribution in [0.25, 0.3) is 5.69 Å². The van der Waals surface area contributed by atoms with Crippen LogP contribution in [0.4, 0.5) is 0 Å². The van der Waals surface area contributed by atoms with E-state index in [9.17, 15) is 4.79 Å². The van der Waals surface area contributed by atoms with E-state index in [2.05, 4.69) is 44.9 Å². The zero-order chi connectivity index (χ0) is 15.6. The number of rotatable bonds is 4. The Balaban J connectivity index is 2.43. The van der Waals surface area contributed by atoms with E-state index in [4.69, 9.17) is 5.11 Å². The molecule has 0 saturated heterocycles. The standard InChI is InChI=1S/C17H22N2O2/c1-5-6-14-11-15(16(20)21)18-19(14)13-9-7-12(8-10-13)17(2,3)4/h7-11H,5-6H2,1-4H3,(H,20,21). The Morgan fingerprint density at radius 1 is 1.24 bits per heavy atom. The highest BCUT2D eigenvalue weighted by atomic mass is 16.4. The molecule has 4 heteroatoms. The van der Waals surface area contributed by atoms with Crippen molar-refractivity contribution in [3.63, 3.8) is 0 Å². The molecule has 0 aliphatic heterocycles. The van der Waals surface area contributed by atoms with Gasteiger partial charge in [-0.2, -0.15) is 5.10 Å². The number of benzene rings is 1. The third-order valence-corrected chi connectivity index (χ3v) is 3.49. The number of carbonyl (C=O) groups is 1. The lowest BCUT2D eigenvalue weighted by Gasteiger charge is -2.19. The molecule has 1 aromatic carbocycles. The Hall–Kier alpha value is -2.10. The number of nitrogens with zero attached hydrogens (tertiary/aromatic N) is 2. The summed E-state index contributed by atoms with van der Waals surface area (Å²) >= 11 is 0. The SMILES string of the molecule is CCCc1cc(C(=O)O)nn1-c1ccc(C(C)(C)C)cc1. The lowest BCUT2D eigenvalue weighted by atomic mass is 9.87. The molecule has 1 heterocycles. The van der Waals surface area contributed by atoms with Crippen molar-refractivity contribution in [3.8, 4) is 5.69 Å².